The van der Waals surface area contributed by atoms with Gasteiger partial charge < -0.3 is 19.2 Å². The van der Waals surface area contributed by atoms with Crippen molar-refractivity contribution in [3.05, 3.63) is 101 Å². The molecule has 2 aromatic carbocycles. The summed E-state index contributed by atoms with van der Waals surface area (Å²) >= 11 is 1.23. The molecule has 0 saturated carbocycles. The zero-order valence-corrected chi connectivity index (χ0v) is 23.9. The summed E-state index contributed by atoms with van der Waals surface area (Å²) in [6.45, 7) is 4.07. The molecule has 1 atom stereocenters. The number of aromatic nitrogens is 5. The highest BCUT2D eigenvalue weighted by Gasteiger charge is 2.24. The van der Waals surface area contributed by atoms with Gasteiger partial charge in [-0.3, -0.25) is 18.8 Å². The number of benzene rings is 2. The Hall–Kier alpha value is -4.71. The fourth-order valence-corrected chi connectivity index (χ4v) is 5.07. The first-order valence-corrected chi connectivity index (χ1v) is 13.8. The summed E-state index contributed by atoms with van der Waals surface area (Å²) < 4.78 is 21.8. The molecular formula is C29H30N6O5S. The van der Waals surface area contributed by atoms with Crippen molar-refractivity contribution in [2.24, 2.45) is 7.05 Å². The van der Waals surface area contributed by atoms with Crippen molar-refractivity contribution >= 4 is 23.4 Å². The highest BCUT2D eigenvalue weighted by atomic mass is 32.2. The third kappa shape index (κ3) is 6.07. The van der Waals surface area contributed by atoms with E-state index < -0.39 is 5.25 Å². The minimum absolute atomic E-state index is 0.156. The second-order valence-corrected chi connectivity index (χ2v) is 10.5. The van der Waals surface area contributed by atoms with Gasteiger partial charge in [0, 0.05) is 7.05 Å². The molecule has 0 bridgehead atoms. The van der Waals surface area contributed by atoms with Crippen LogP contribution in [-0.2, 0) is 25.0 Å². The Kier molecular flexibility index (Phi) is 8.29. The van der Waals surface area contributed by atoms with Crippen molar-refractivity contribution in [2.45, 2.75) is 37.4 Å². The molecule has 0 aliphatic heterocycles. The molecule has 41 heavy (non-hydrogen) atoms. The van der Waals surface area contributed by atoms with Crippen molar-refractivity contribution in [3.8, 4) is 17.2 Å². The molecule has 0 aliphatic rings. The van der Waals surface area contributed by atoms with Crippen LogP contribution in [0.5, 0.6) is 11.5 Å². The molecule has 3 heterocycles. The SMILES string of the molecule is COc1ccc(OCc2nnc(S[C@H](C)C(=O)Nc3c(C)n(C)n(-c4ccccc4)c3=O)n2Cc2ccco2)cc1. The van der Waals surface area contributed by atoms with E-state index in [4.69, 9.17) is 13.9 Å². The highest BCUT2D eigenvalue weighted by Crippen LogP contribution is 2.26. The summed E-state index contributed by atoms with van der Waals surface area (Å²) in [4.78, 5) is 26.5. The zero-order chi connectivity index (χ0) is 28.9. The smallest absolute Gasteiger partial charge is 0.295 e. The Labute approximate surface area is 240 Å². The monoisotopic (exact) mass is 574 g/mol. The molecule has 1 N–H and O–H groups in total. The molecule has 0 spiro atoms. The summed E-state index contributed by atoms with van der Waals surface area (Å²) in [6, 6.07) is 20.2. The van der Waals surface area contributed by atoms with E-state index in [-0.39, 0.29) is 23.8 Å². The molecule has 0 saturated heterocycles. The quantitative estimate of drug-likeness (QED) is 0.230. The average Bonchev–Trinajstić information content (AvgIpc) is 3.69. The molecule has 11 nitrogen and oxygen atoms in total. The van der Waals surface area contributed by atoms with Crippen LogP contribution in [-0.4, -0.2) is 42.4 Å². The van der Waals surface area contributed by atoms with Crippen LogP contribution in [0, 0.1) is 6.92 Å². The first kappa shape index (κ1) is 27.8. The van der Waals surface area contributed by atoms with E-state index in [1.54, 1.807) is 45.0 Å². The summed E-state index contributed by atoms with van der Waals surface area (Å²) in [5.41, 5.74) is 1.28. The standard InChI is InChI=1S/C29H30N6O5S/c1-19-26(28(37)35(33(19)3)21-9-6-5-7-10-21)30-27(36)20(2)41-29-32-31-25(34(29)17-24-11-8-16-39-24)18-40-23-14-12-22(38-4)13-15-23/h5-16,20H,17-18H2,1-4H3,(H,30,36)/t20-/m1/s1. The number of ether oxygens (including phenoxy) is 2. The number of methoxy groups -OCH3 is 1. The van der Waals surface area contributed by atoms with Crippen molar-refractivity contribution in [3.63, 3.8) is 0 Å². The van der Waals surface area contributed by atoms with Crippen LogP contribution >= 0.6 is 11.8 Å². The van der Waals surface area contributed by atoms with Gasteiger partial charge >= 0.3 is 0 Å². The fourth-order valence-electron chi connectivity index (χ4n) is 4.20. The third-order valence-corrected chi connectivity index (χ3v) is 7.65. The molecule has 0 radical (unpaired) electrons. The molecule has 5 rings (SSSR count). The van der Waals surface area contributed by atoms with E-state index in [1.165, 1.54) is 16.4 Å². The molecule has 0 fully saturated rings. The molecule has 12 heteroatoms. The van der Waals surface area contributed by atoms with Crippen LogP contribution in [0.4, 0.5) is 5.69 Å². The number of nitrogens with zero attached hydrogens (tertiary/aromatic N) is 5. The normalized spacial score (nSPS) is 11.8. The lowest BCUT2D eigenvalue weighted by atomic mass is 10.3. The Bertz CT molecular complexity index is 1670. The summed E-state index contributed by atoms with van der Waals surface area (Å²) in [5.74, 6) is 2.33. The molecular weight excluding hydrogens is 544 g/mol. The predicted octanol–water partition coefficient (Wildman–Crippen LogP) is 4.42. The molecule has 5 aromatic rings. The van der Waals surface area contributed by atoms with Gasteiger partial charge in [0.25, 0.3) is 5.56 Å². The van der Waals surface area contributed by atoms with E-state index in [9.17, 15) is 9.59 Å². The van der Waals surface area contributed by atoms with E-state index in [0.29, 0.717) is 40.4 Å². The van der Waals surface area contributed by atoms with Crippen LogP contribution in [0.2, 0.25) is 0 Å². The highest BCUT2D eigenvalue weighted by molar-refractivity contribution is 8.00. The summed E-state index contributed by atoms with van der Waals surface area (Å²) in [7, 11) is 3.39. The Morgan fingerprint density at radius 3 is 2.46 bits per heavy atom. The minimum atomic E-state index is -0.589. The van der Waals surface area contributed by atoms with Crippen LogP contribution < -0.4 is 20.3 Å². The first-order chi connectivity index (χ1) is 19.9. The van der Waals surface area contributed by atoms with Gasteiger partial charge in [-0.05, 0) is 62.4 Å². The van der Waals surface area contributed by atoms with Crippen LogP contribution in [0.1, 0.15) is 24.2 Å². The number of carbonyl (C=O) groups excluding carboxylic acids is 1. The molecule has 3 aromatic heterocycles. The summed E-state index contributed by atoms with van der Waals surface area (Å²) in [5, 5.41) is 11.4. The van der Waals surface area contributed by atoms with Gasteiger partial charge in [0.15, 0.2) is 11.0 Å². The average molecular weight is 575 g/mol. The van der Waals surface area contributed by atoms with E-state index >= 15 is 0 Å². The minimum Gasteiger partial charge on any atom is -0.497 e. The van der Waals surface area contributed by atoms with Crippen LogP contribution in [0.25, 0.3) is 5.69 Å². The maximum Gasteiger partial charge on any atom is 0.295 e. The second-order valence-electron chi connectivity index (χ2n) is 9.21. The predicted molar refractivity (Wildman–Crippen MR) is 155 cm³/mol. The first-order valence-electron chi connectivity index (χ1n) is 12.9. The maximum absolute atomic E-state index is 13.3. The van der Waals surface area contributed by atoms with Gasteiger partial charge in [-0.15, -0.1) is 10.2 Å². The van der Waals surface area contributed by atoms with Crippen molar-refractivity contribution in [2.75, 3.05) is 12.4 Å². The lowest BCUT2D eigenvalue weighted by Crippen LogP contribution is -2.27. The van der Waals surface area contributed by atoms with E-state index in [1.807, 2.05) is 65.2 Å². The number of furan rings is 1. The van der Waals surface area contributed by atoms with Crippen molar-refractivity contribution in [1.82, 2.24) is 24.1 Å². The number of rotatable bonds is 11. The number of para-hydroxylation sites is 1. The largest absolute Gasteiger partial charge is 0.497 e. The summed E-state index contributed by atoms with van der Waals surface area (Å²) in [6.07, 6.45) is 1.60. The van der Waals surface area contributed by atoms with Gasteiger partial charge in [-0.2, -0.15) is 0 Å². The van der Waals surface area contributed by atoms with Crippen LogP contribution in [0.3, 0.4) is 0 Å². The maximum atomic E-state index is 13.3. The Morgan fingerprint density at radius 2 is 1.78 bits per heavy atom. The van der Waals surface area contributed by atoms with Gasteiger partial charge in [-0.25, -0.2) is 4.68 Å². The number of hydrogen-bond donors (Lipinski definition) is 1. The number of nitrogens with one attached hydrogen (secondary N) is 1. The number of carbonyl (C=O) groups is 1. The molecule has 1 amide bonds. The molecule has 212 valence electrons. The second kappa shape index (κ2) is 12.2. The van der Waals surface area contributed by atoms with Gasteiger partial charge in [0.1, 0.15) is 29.6 Å². The molecule has 0 unspecified atom stereocenters. The van der Waals surface area contributed by atoms with Gasteiger partial charge in [0.05, 0.1) is 36.5 Å². The number of amides is 1. The zero-order valence-electron chi connectivity index (χ0n) is 23.1. The van der Waals surface area contributed by atoms with Crippen LogP contribution in [0.15, 0.2) is 87.4 Å². The van der Waals surface area contributed by atoms with E-state index in [2.05, 4.69) is 15.5 Å². The van der Waals surface area contributed by atoms with Gasteiger partial charge in [-0.1, -0.05) is 30.0 Å². The van der Waals surface area contributed by atoms with Crippen molar-refractivity contribution in [1.29, 1.82) is 0 Å². The number of anilines is 1. The lowest BCUT2D eigenvalue weighted by molar-refractivity contribution is -0.115. The fraction of sp³-hybridized carbons (Fsp3) is 0.241. The molecule has 0 aliphatic carbocycles. The number of thioether (sulfide) groups is 1. The number of hydrogen-bond acceptors (Lipinski definition) is 8. The van der Waals surface area contributed by atoms with E-state index in [0.717, 1.165) is 5.75 Å². The lowest BCUT2D eigenvalue weighted by Gasteiger charge is -2.13. The third-order valence-electron chi connectivity index (χ3n) is 6.57. The topological polar surface area (TPSA) is 118 Å². The Morgan fingerprint density at radius 1 is 1.05 bits per heavy atom. The van der Waals surface area contributed by atoms with Gasteiger partial charge in [0.2, 0.25) is 5.91 Å². The Balaban J connectivity index is 1.33. The van der Waals surface area contributed by atoms with Crippen molar-refractivity contribution < 1.29 is 18.7 Å².